The molecule has 8 nitrogen and oxygen atoms in total. The molecular weight excluding hydrogens is 439 g/mol. The molecule has 1 aromatic carbocycles. The summed E-state index contributed by atoms with van der Waals surface area (Å²) < 4.78 is 1.46. The average molecular weight is 453 g/mol. The third-order valence-electron chi connectivity index (χ3n) is 3.92. The van der Waals surface area contributed by atoms with Crippen LogP contribution in [0.25, 0.3) is 11.3 Å². The zero-order valence-corrected chi connectivity index (χ0v) is 17.4. The smallest absolute Gasteiger partial charge is 0.345 e. The van der Waals surface area contributed by atoms with E-state index in [0.29, 0.717) is 21.3 Å². The van der Waals surface area contributed by atoms with Crippen LogP contribution >= 0.6 is 34.5 Å². The topological polar surface area (TPSA) is 117 Å². The molecule has 1 amide bonds. The van der Waals surface area contributed by atoms with Crippen LogP contribution in [-0.4, -0.2) is 37.6 Å². The van der Waals surface area contributed by atoms with Gasteiger partial charge in [0.05, 0.1) is 20.6 Å². The number of halogens is 2. The second kappa shape index (κ2) is 8.24. The fourth-order valence-electron chi connectivity index (χ4n) is 2.54. The number of benzene rings is 1. The van der Waals surface area contributed by atoms with Crippen molar-refractivity contribution < 1.29 is 19.8 Å². The van der Waals surface area contributed by atoms with Crippen LogP contribution in [0.4, 0.5) is 0 Å². The minimum atomic E-state index is -1.11. The summed E-state index contributed by atoms with van der Waals surface area (Å²) in [6.45, 7) is 1.57. The van der Waals surface area contributed by atoms with Gasteiger partial charge in [-0.25, -0.2) is 10.2 Å². The van der Waals surface area contributed by atoms with Crippen LogP contribution in [0.15, 0.2) is 35.4 Å². The van der Waals surface area contributed by atoms with E-state index in [9.17, 15) is 14.7 Å². The van der Waals surface area contributed by atoms with E-state index in [2.05, 4.69) is 15.6 Å². The van der Waals surface area contributed by atoms with Crippen molar-refractivity contribution in [3.63, 3.8) is 0 Å². The van der Waals surface area contributed by atoms with Crippen molar-refractivity contribution in [1.82, 2.24) is 15.2 Å². The third kappa shape index (κ3) is 4.26. The summed E-state index contributed by atoms with van der Waals surface area (Å²) in [6.07, 6.45) is 0. The molecule has 0 bridgehead atoms. The number of aromatic hydroxyl groups is 1. The molecule has 11 heteroatoms. The molecular formula is C18H14Cl2N4O4S. The van der Waals surface area contributed by atoms with Crippen molar-refractivity contribution in [2.45, 2.75) is 6.92 Å². The number of hydrogen-bond acceptors (Lipinski definition) is 6. The number of nitrogens with one attached hydrogen (secondary N) is 1. The number of thiophene rings is 1. The molecule has 0 aliphatic carbocycles. The Morgan fingerprint density at radius 1 is 1.17 bits per heavy atom. The summed E-state index contributed by atoms with van der Waals surface area (Å²) in [5.41, 5.74) is 3.77. The maximum Gasteiger partial charge on any atom is 0.345 e. The van der Waals surface area contributed by atoms with Gasteiger partial charge in [-0.2, -0.15) is 10.2 Å². The number of rotatable bonds is 5. The van der Waals surface area contributed by atoms with Gasteiger partial charge in [0, 0.05) is 12.6 Å². The number of aromatic nitrogens is 2. The van der Waals surface area contributed by atoms with Gasteiger partial charge in [-0.3, -0.25) is 9.48 Å². The quantitative estimate of drug-likeness (QED) is 0.399. The molecule has 0 saturated heterocycles. The number of carbonyl (C=O) groups excluding carboxylic acids is 1. The molecule has 0 atom stereocenters. The van der Waals surface area contributed by atoms with Crippen LogP contribution in [0.2, 0.25) is 10.0 Å². The van der Waals surface area contributed by atoms with Crippen LogP contribution in [0.3, 0.4) is 0 Å². The summed E-state index contributed by atoms with van der Waals surface area (Å²) in [4.78, 5) is 23.3. The zero-order valence-electron chi connectivity index (χ0n) is 15.1. The van der Waals surface area contributed by atoms with Gasteiger partial charge in [-0.15, -0.1) is 11.3 Å². The molecule has 0 aliphatic heterocycles. The second-order valence-corrected chi connectivity index (χ2v) is 7.80. The lowest BCUT2D eigenvalue weighted by Crippen LogP contribution is -2.18. The molecule has 150 valence electrons. The predicted molar refractivity (Wildman–Crippen MR) is 111 cm³/mol. The lowest BCUT2D eigenvalue weighted by Gasteiger charge is -2.04. The van der Waals surface area contributed by atoms with E-state index in [1.807, 2.05) is 0 Å². The monoisotopic (exact) mass is 452 g/mol. The number of aryl methyl sites for hydroxylation is 1. The number of aromatic carboxylic acids is 1. The van der Waals surface area contributed by atoms with E-state index in [0.717, 1.165) is 11.3 Å². The summed E-state index contributed by atoms with van der Waals surface area (Å²) >= 11 is 12.8. The summed E-state index contributed by atoms with van der Waals surface area (Å²) in [5, 5.41) is 28.5. The number of hydrazone groups is 1. The van der Waals surface area contributed by atoms with E-state index in [4.69, 9.17) is 28.3 Å². The van der Waals surface area contributed by atoms with Gasteiger partial charge in [0.1, 0.15) is 10.6 Å². The molecule has 0 aliphatic rings. The minimum absolute atomic E-state index is 0.0458. The maximum absolute atomic E-state index is 12.1. The van der Waals surface area contributed by atoms with E-state index in [-0.39, 0.29) is 26.9 Å². The molecule has 2 aromatic heterocycles. The van der Waals surface area contributed by atoms with Crippen LogP contribution in [0, 0.1) is 0 Å². The van der Waals surface area contributed by atoms with Crippen molar-refractivity contribution >= 4 is 52.1 Å². The van der Waals surface area contributed by atoms with Gasteiger partial charge in [-0.1, -0.05) is 29.3 Å². The first-order valence-electron chi connectivity index (χ1n) is 8.08. The van der Waals surface area contributed by atoms with Crippen LogP contribution in [0.1, 0.15) is 32.0 Å². The summed E-state index contributed by atoms with van der Waals surface area (Å²) in [6, 6.07) is 7.65. The molecule has 0 unspecified atom stereocenters. The van der Waals surface area contributed by atoms with Crippen LogP contribution in [0.5, 0.6) is 5.75 Å². The highest BCUT2D eigenvalue weighted by molar-refractivity contribution is 7.15. The van der Waals surface area contributed by atoms with Gasteiger partial charge in [0.2, 0.25) is 0 Å². The average Bonchev–Trinajstić information content (AvgIpc) is 3.27. The van der Waals surface area contributed by atoms with Gasteiger partial charge in [-0.05, 0) is 31.2 Å². The van der Waals surface area contributed by atoms with Gasteiger partial charge in [0.25, 0.3) is 5.91 Å². The lowest BCUT2D eigenvalue weighted by atomic mass is 10.1. The number of amides is 1. The Balaban J connectivity index is 1.85. The summed E-state index contributed by atoms with van der Waals surface area (Å²) in [7, 11) is 1.64. The molecule has 3 N–H and O–H groups in total. The Hall–Kier alpha value is -2.88. The van der Waals surface area contributed by atoms with Crippen LogP contribution in [-0.2, 0) is 7.05 Å². The normalized spacial score (nSPS) is 11.5. The van der Waals surface area contributed by atoms with Crippen molar-refractivity contribution in [1.29, 1.82) is 0 Å². The Bertz CT molecular complexity index is 1150. The van der Waals surface area contributed by atoms with E-state index in [1.54, 1.807) is 32.2 Å². The SMILES string of the molecule is CC(=NNC(=O)c1ccc(C(=O)O)s1)c1nn(C)c(-c2ccc(Cl)c(Cl)c2)c1O. The van der Waals surface area contributed by atoms with Gasteiger partial charge >= 0.3 is 5.97 Å². The van der Waals surface area contributed by atoms with Gasteiger partial charge in [0.15, 0.2) is 11.4 Å². The molecule has 3 rings (SSSR count). The highest BCUT2D eigenvalue weighted by atomic mass is 35.5. The highest BCUT2D eigenvalue weighted by Crippen LogP contribution is 2.35. The first kappa shape index (κ1) is 20.8. The lowest BCUT2D eigenvalue weighted by molar-refractivity contribution is 0.0702. The minimum Gasteiger partial charge on any atom is -0.504 e. The Morgan fingerprint density at radius 2 is 1.86 bits per heavy atom. The molecule has 0 saturated carbocycles. The number of hydrogen-bond donors (Lipinski definition) is 3. The fourth-order valence-corrected chi connectivity index (χ4v) is 3.57. The standard InChI is InChI=1S/C18H14Cl2N4O4S/c1-8(21-22-17(26)12-5-6-13(29-12)18(27)28)14-16(25)15(24(2)23-14)9-3-4-10(19)11(20)7-9/h3-7,25H,1-2H3,(H,22,26)(H,27,28). The van der Waals surface area contributed by atoms with Crippen molar-refractivity contribution in [2.75, 3.05) is 0 Å². The van der Waals surface area contributed by atoms with E-state index in [1.165, 1.54) is 16.8 Å². The largest absolute Gasteiger partial charge is 0.504 e. The Labute approximate surface area is 179 Å². The van der Waals surface area contributed by atoms with Crippen LogP contribution < -0.4 is 5.43 Å². The molecule has 3 aromatic rings. The zero-order chi connectivity index (χ0) is 21.3. The van der Waals surface area contributed by atoms with Crippen molar-refractivity contribution in [3.05, 3.63) is 55.8 Å². The highest BCUT2D eigenvalue weighted by Gasteiger charge is 2.20. The Morgan fingerprint density at radius 3 is 2.48 bits per heavy atom. The van der Waals surface area contributed by atoms with E-state index >= 15 is 0 Å². The second-order valence-electron chi connectivity index (χ2n) is 5.91. The predicted octanol–water partition coefficient (Wildman–Crippen LogP) is 4.01. The molecule has 29 heavy (non-hydrogen) atoms. The van der Waals surface area contributed by atoms with Gasteiger partial charge < -0.3 is 10.2 Å². The number of carbonyl (C=O) groups is 2. The number of carboxylic acid groups (broad SMARTS) is 1. The first-order valence-corrected chi connectivity index (χ1v) is 9.65. The van der Waals surface area contributed by atoms with E-state index < -0.39 is 11.9 Å². The van der Waals surface area contributed by atoms with Crippen molar-refractivity contribution in [3.8, 4) is 17.0 Å². The molecule has 2 heterocycles. The molecule has 0 fully saturated rings. The molecule has 0 spiro atoms. The number of carboxylic acids is 1. The van der Waals surface area contributed by atoms with Crippen molar-refractivity contribution in [2.24, 2.45) is 12.1 Å². The number of nitrogens with zero attached hydrogens (tertiary/aromatic N) is 3. The Kier molecular flexibility index (Phi) is 5.92. The summed E-state index contributed by atoms with van der Waals surface area (Å²) in [5.74, 6) is -1.81. The maximum atomic E-state index is 12.1. The fraction of sp³-hybridized carbons (Fsp3) is 0.111. The third-order valence-corrected chi connectivity index (χ3v) is 5.73. The first-order chi connectivity index (χ1) is 13.7. The molecule has 0 radical (unpaired) electrons.